The number of aromatic hydroxyl groups is 1. The molecule has 2 aliphatic rings. The van der Waals surface area contributed by atoms with Crippen LogP contribution in [0.15, 0.2) is 57.8 Å². The van der Waals surface area contributed by atoms with E-state index in [9.17, 15) is 29.4 Å². The van der Waals surface area contributed by atoms with E-state index >= 15 is 0 Å². The van der Waals surface area contributed by atoms with Crippen LogP contribution < -0.4 is 16.6 Å². The highest BCUT2D eigenvalue weighted by atomic mass is 79.9. The molecule has 4 heterocycles. The normalized spacial score (nSPS) is 16.0. The van der Waals surface area contributed by atoms with Crippen LogP contribution in [0.4, 0.5) is 0 Å². The maximum atomic E-state index is 14.4. The summed E-state index contributed by atoms with van der Waals surface area (Å²) in [5, 5.41) is 24.0. The topological polar surface area (TPSA) is 177 Å². The number of nitrogens with zero attached hydrogens (tertiary/aromatic N) is 3. The van der Waals surface area contributed by atoms with E-state index in [4.69, 9.17) is 15.5 Å². The molecule has 2 aromatic heterocycles. The van der Waals surface area contributed by atoms with Gasteiger partial charge in [-0.1, -0.05) is 54.9 Å². The number of benzene rings is 2. The average molecular weight is 747 g/mol. The van der Waals surface area contributed by atoms with E-state index in [1.807, 2.05) is 51.1 Å². The number of carboxylic acid groups (broad SMARTS) is 1. The SMILES string of the molecule is CCc1ccc(C[C@H](N)C(=O)N[C@@H](CC(C)C)C(=O)N(CC(=O)O)C2COCc3c2cc2n(c3=O)Cc3cc4c(Br)cccc4nc3-2)cc1O. The van der Waals surface area contributed by atoms with Crippen LogP contribution in [0.5, 0.6) is 5.75 Å². The van der Waals surface area contributed by atoms with Crippen LogP contribution in [0, 0.1) is 5.92 Å². The quantitative estimate of drug-likeness (QED) is 0.155. The van der Waals surface area contributed by atoms with Crippen LogP contribution in [0.2, 0.25) is 0 Å². The molecule has 4 aromatic rings. The minimum atomic E-state index is -1.26. The number of aryl methyl sites for hydroxylation is 1. The lowest BCUT2D eigenvalue weighted by Crippen LogP contribution is -2.55. The summed E-state index contributed by atoms with van der Waals surface area (Å²) in [6.07, 6.45) is 0.982. The molecule has 2 aromatic carbocycles. The predicted molar refractivity (Wildman–Crippen MR) is 191 cm³/mol. The van der Waals surface area contributed by atoms with Crippen molar-refractivity contribution in [3.63, 3.8) is 0 Å². The zero-order valence-corrected chi connectivity index (χ0v) is 29.7. The number of carbonyl (C=O) groups is 3. The Kier molecular flexibility index (Phi) is 10.1. The lowest BCUT2D eigenvalue weighted by molar-refractivity contribution is -0.150. The molecule has 5 N–H and O–H groups in total. The highest BCUT2D eigenvalue weighted by Gasteiger charge is 2.38. The molecule has 2 amide bonds. The standard InChI is InChI=1S/C37H40BrN5O7/c1-4-21-9-8-20(12-32(21)44)11-27(39)35(47)41-29(10-19(2)3)37(49)43(16-33(45)46)31-18-50-17-25-23(31)14-30-34-22(15-42(30)36(25)48)13-24-26(38)6-5-7-28(24)40-34/h5-9,12-14,19,27,29,31,44H,4,10-11,15-18,39H2,1-3H3,(H,41,47)(H,45,46)/t27-,29-,31?/m0/s1. The number of amides is 2. The fourth-order valence-electron chi connectivity index (χ4n) is 6.88. The number of nitrogens with two attached hydrogens (primary N) is 1. The molecule has 0 saturated heterocycles. The summed E-state index contributed by atoms with van der Waals surface area (Å²) in [5.74, 6) is -2.39. The second-order valence-corrected chi connectivity index (χ2v) is 14.2. The van der Waals surface area contributed by atoms with Gasteiger partial charge in [0.25, 0.3) is 5.56 Å². The lowest BCUT2D eigenvalue weighted by Gasteiger charge is -2.37. The third-order valence-electron chi connectivity index (χ3n) is 9.38. The molecular formula is C37H40BrN5O7. The van der Waals surface area contributed by atoms with Gasteiger partial charge < -0.3 is 35.5 Å². The molecule has 0 saturated carbocycles. The van der Waals surface area contributed by atoms with Crippen LogP contribution in [-0.2, 0) is 45.1 Å². The Bertz CT molecular complexity index is 2060. The van der Waals surface area contributed by atoms with Gasteiger partial charge in [-0.15, -0.1) is 0 Å². The lowest BCUT2D eigenvalue weighted by atomic mass is 9.95. The van der Waals surface area contributed by atoms with Crippen LogP contribution in [0.3, 0.4) is 0 Å². The monoisotopic (exact) mass is 745 g/mol. The van der Waals surface area contributed by atoms with Gasteiger partial charge in [0.15, 0.2) is 0 Å². The number of fused-ring (bicyclic) bond motifs is 5. The Morgan fingerprint density at radius 3 is 2.66 bits per heavy atom. The fraction of sp³-hybridized carbons (Fsp3) is 0.378. The van der Waals surface area contributed by atoms with Crippen molar-refractivity contribution in [2.45, 2.75) is 71.3 Å². The van der Waals surface area contributed by atoms with E-state index in [-0.39, 0.29) is 43.3 Å². The van der Waals surface area contributed by atoms with Crippen molar-refractivity contribution in [2.75, 3.05) is 13.2 Å². The molecule has 0 fully saturated rings. The van der Waals surface area contributed by atoms with E-state index in [1.165, 1.54) is 4.90 Å². The second-order valence-electron chi connectivity index (χ2n) is 13.4. The van der Waals surface area contributed by atoms with Crippen molar-refractivity contribution in [3.05, 3.63) is 91.2 Å². The van der Waals surface area contributed by atoms with Gasteiger partial charge in [-0.3, -0.25) is 19.2 Å². The smallest absolute Gasteiger partial charge is 0.323 e. The van der Waals surface area contributed by atoms with E-state index in [0.717, 1.165) is 26.5 Å². The minimum absolute atomic E-state index is 0.00709. The molecule has 0 spiro atoms. The molecule has 13 heteroatoms. The maximum Gasteiger partial charge on any atom is 0.323 e. The summed E-state index contributed by atoms with van der Waals surface area (Å²) in [6.45, 7) is 5.30. The van der Waals surface area contributed by atoms with Gasteiger partial charge in [0, 0.05) is 21.0 Å². The number of carbonyl (C=O) groups excluding carboxylic acids is 2. The molecule has 12 nitrogen and oxygen atoms in total. The maximum absolute atomic E-state index is 14.4. The van der Waals surface area contributed by atoms with E-state index in [2.05, 4.69) is 21.2 Å². The number of carboxylic acids is 1. The van der Waals surface area contributed by atoms with Gasteiger partial charge in [0.1, 0.15) is 18.3 Å². The highest BCUT2D eigenvalue weighted by molar-refractivity contribution is 9.10. The number of ether oxygens (including phenoxy) is 1. The van der Waals surface area contributed by atoms with E-state index in [0.29, 0.717) is 41.0 Å². The second kappa shape index (κ2) is 14.3. The van der Waals surface area contributed by atoms with Gasteiger partial charge in [-0.2, -0.15) is 0 Å². The minimum Gasteiger partial charge on any atom is -0.508 e. The molecule has 50 heavy (non-hydrogen) atoms. The van der Waals surface area contributed by atoms with Crippen molar-refractivity contribution >= 4 is 44.6 Å². The summed E-state index contributed by atoms with van der Waals surface area (Å²) in [5.41, 5.74) is 11.1. The predicted octanol–water partition coefficient (Wildman–Crippen LogP) is 4.04. The van der Waals surface area contributed by atoms with Crippen molar-refractivity contribution < 1.29 is 29.3 Å². The number of phenols is 1. The van der Waals surface area contributed by atoms with Crippen molar-refractivity contribution in [2.24, 2.45) is 11.7 Å². The molecule has 2 aliphatic heterocycles. The third-order valence-corrected chi connectivity index (χ3v) is 10.1. The summed E-state index contributed by atoms with van der Waals surface area (Å²) in [7, 11) is 0. The van der Waals surface area contributed by atoms with Crippen LogP contribution >= 0.6 is 15.9 Å². The number of aliphatic carboxylic acids is 1. The molecule has 6 rings (SSSR count). The van der Waals surface area contributed by atoms with E-state index < -0.39 is 42.5 Å². The van der Waals surface area contributed by atoms with Gasteiger partial charge in [0.2, 0.25) is 11.8 Å². The van der Waals surface area contributed by atoms with Crippen molar-refractivity contribution in [3.8, 4) is 17.1 Å². The zero-order valence-electron chi connectivity index (χ0n) is 28.1. The van der Waals surface area contributed by atoms with Gasteiger partial charge in [0.05, 0.1) is 48.7 Å². The number of aromatic nitrogens is 2. The summed E-state index contributed by atoms with van der Waals surface area (Å²) in [6, 6.07) is 11.6. The molecule has 3 atom stereocenters. The Hall–Kier alpha value is -4.59. The number of phenolic OH excluding ortho intramolecular Hbond substituents is 1. The Morgan fingerprint density at radius 1 is 1.18 bits per heavy atom. The molecule has 0 bridgehead atoms. The van der Waals surface area contributed by atoms with Gasteiger partial charge >= 0.3 is 5.97 Å². The number of pyridine rings is 2. The zero-order chi connectivity index (χ0) is 35.9. The number of nitrogens with one attached hydrogen (secondary N) is 1. The largest absolute Gasteiger partial charge is 0.508 e. The summed E-state index contributed by atoms with van der Waals surface area (Å²) < 4.78 is 8.36. The van der Waals surface area contributed by atoms with E-state index in [1.54, 1.807) is 22.8 Å². The molecule has 262 valence electrons. The Morgan fingerprint density at radius 2 is 1.96 bits per heavy atom. The Labute approximate surface area is 297 Å². The summed E-state index contributed by atoms with van der Waals surface area (Å²) >= 11 is 3.58. The molecular weight excluding hydrogens is 706 g/mol. The van der Waals surface area contributed by atoms with Crippen molar-refractivity contribution in [1.82, 2.24) is 19.8 Å². The van der Waals surface area contributed by atoms with Crippen molar-refractivity contribution in [1.29, 1.82) is 0 Å². The molecule has 1 unspecified atom stereocenters. The van der Waals surface area contributed by atoms with Crippen LogP contribution in [0.1, 0.15) is 61.1 Å². The summed E-state index contributed by atoms with van der Waals surface area (Å²) in [4.78, 5) is 60.0. The van der Waals surface area contributed by atoms with Crippen LogP contribution in [0.25, 0.3) is 22.3 Å². The van der Waals surface area contributed by atoms with Crippen LogP contribution in [-0.4, -0.2) is 67.7 Å². The first-order valence-corrected chi connectivity index (χ1v) is 17.5. The average Bonchev–Trinajstić information content (AvgIpc) is 3.43. The first-order chi connectivity index (χ1) is 23.9. The first kappa shape index (κ1) is 35.2. The van der Waals surface area contributed by atoms with Gasteiger partial charge in [-0.05, 0) is 72.2 Å². The fourth-order valence-corrected chi connectivity index (χ4v) is 7.35. The number of rotatable bonds is 11. The third kappa shape index (κ3) is 6.90. The number of hydrogen-bond donors (Lipinski definition) is 4. The highest BCUT2D eigenvalue weighted by Crippen LogP contribution is 2.38. The molecule has 0 aliphatic carbocycles. The number of halogens is 1. The number of hydrogen-bond acceptors (Lipinski definition) is 8. The Balaban J connectivity index is 1.32. The first-order valence-electron chi connectivity index (χ1n) is 16.7. The van der Waals surface area contributed by atoms with Gasteiger partial charge in [-0.25, -0.2) is 4.98 Å². The molecule has 0 radical (unpaired) electrons.